The molecule has 9 rings (SSSR count). The number of hydrogen-bond acceptors (Lipinski definition) is 4. The lowest BCUT2D eigenvalue weighted by atomic mass is 9.79. The second kappa shape index (κ2) is 10.6. The van der Waals surface area contributed by atoms with Crippen LogP contribution < -0.4 is 30.3 Å². The summed E-state index contributed by atoms with van der Waals surface area (Å²) >= 11 is 0. The minimum Gasteiger partial charge on any atom is -0.455 e. The minimum atomic E-state index is -3.51. The molecule has 4 nitrogen and oxygen atoms in total. The Morgan fingerprint density at radius 3 is 1.15 bits per heavy atom. The maximum atomic E-state index is 16.8. The molecule has 0 radical (unpaired) electrons. The van der Waals surface area contributed by atoms with Gasteiger partial charge in [-0.1, -0.05) is 132 Å². The number of anilines is 3. The number of nitrogens with zero attached hydrogens (tertiary/aromatic N) is 1. The van der Waals surface area contributed by atoms with Crippen LogP contribution in [0.1, 0.15) is 105 Å². The van der Waals surface area contributed by atoms with Gasteiger partial charge in [0.2, 0.25) is 0 Å². The van der Waals surface area contributed by atoms with Gasteiger partial charge in [0.05, 0.1) is 27.7 Å². The van der Waals surface area contributed by atoms with E-state index in [9.17, 15) is 0 Å². The highest BCUT2D eigenvalue weighted by Crippen LogP contribution is 2.67. The summed E-state index contributed by atoms with van der Waals surface area (Å²) in [5, 5.41) is 6.95. The smallest absolute Gasteiger partial charge is 0.189 e. The Morgan fingerprint density at radius 2 is 0.792 bits per heavy atom. The van der Waals surface area contributed by atoms with Gasteiger partial charge in [-0.3, -0.25) is 0 Å². The highest BCUT2D eigenvalue weighted by atomic mass is 31.2. The Hall–Kier alpha value is -4.53. The zero-order chi connectivity index (χ0) is 37.8. The molecule has 53 heavy (non-hydrogen) atoms. The van der Waals surface area contributed by atoms with E-state index in [1.165, 1.54) is 16.3 Å². The third-order valence-corrected chi connectivity index (χ3v) is 14.7. The zero-order valence-electron chi connectivity index (χ0n) is 33.2. The van der Waals surface area contributed by atoms with E-state index in [0.717, 1.165) is 55.1 Å². The van der Waals surface area contributed by atoms with Crippen LogP contribution in [0, 0.1) is 0 Å². The van der Waals surface area contributed by atoms with Crippen molar-refractivity contribution in [1.82, 2.24) is 0 Å². The summed E-state index contributed by atoms with van der Waals surface area (Å²) in [4.78, 5) is 2.42. The van der Waals surface area contributed by atoms with Crippen molar-refractivity contribution in [3.05, 3.63) is 107 Å². The van der Waals surface area contributed by atoms with Gasteiger partial charge >= 0.3 is 0 Å². The average molecular weight is 720 g/mol. The number of ether oxygens (including phenoxy) is 2. The second-order valence-electron chi connectivity index (χ2n) is 19.5. The Morgan fingerprint density at radius 1 is 0.453 bits per heavy atom. The highest BCUT2D eigenvalue weighted by molar-refractivity contribution is 7.87. The molecule has 6 aromatic rings. The summed E-state index contributed by atoms with van der Waals surface area (Å²) < 4.78 is 30.8. The second-order valence-corrected chi connectivity index (χ2v) is 22.0. The van der Waals surface area contributed by atoms with Crippen molar-refractivity contribution in [2.24, 2.45) is 0 Å². The molecule has 0 unspecified atom stereocenters. The molecule has 3 aliphatic heterocycles. The molecule has 3 aliphatic rings. The van der Waals surface area contributed by atoms with Crippen molar-refractivity contribution in [1.29, 1.82) is 0 Å². The summed E-state index contributed by atoms with van der Waals surface area (Å²) in [5.74, 6) is 2.61. The number of rotatable bonds is 1. The summed E-state index contributed by atoms with van der Waals surface area (Å²) in [6.45, 7) is 26.9. The van der Waals surface area contributed by atoms with Gasteiger partial charge in [-0.2, -0.15) is 0 Å². The predicted molar refractivity (Wildman–Crippen MR) is 224 cm³/mol. The Balaban J connectivity index is 1.51. The predicted octanol–water partition coefficient (Wildman–Crippen LogP) is 12.8. The van der Waals surface area contributed by atoms with Gasteiger partial charge in [0.1, 0.15) is 28.3 Å². The highest BCUT2D eigenvalue weighted by Gasteiger charge is 2.54. The molecular weight excluding hydrogens is 670 g/mol. The molecular formula is C48H50NO3P. The molecule has 0 saturated heterocycles. The van der Waals surface area contributed by atoms with Gasteiger partial charge in [-0.15, -0.1) is 0 Å². The van der Waals surface area contributed by atoms with Gasteiger partial charge in [0.15, 0.2) is 7.14 Å². The molecule has 0 N–H and O–H groups in total. The van der Waals surface area contributed by atoms with E-state index >= 15 is 4.57 Å². The quantitative estimate of drug-likeness (QED) is 0.125. The normalized spacial score (nSPS) is 15.7. The Kier molecular flexibility index (Phi) is 6.83. The lowest BCUT2D eigenvalue weighted by Gasteiger charge is -2.45. The van der Waals surface area contributed by atoms with Crippen LogP contribution in [0.25, 0.3) is 21.5 Å². The maximum absolute atomic E-state index is 16.8. The van der Waals surface area contributed by atoms with Gasteiger partial charge in [0, 0.05) is 10.8 Å². The molecule has 270 valence electrons. The summed E-state index contributed by atoms with van der Waals surface area (Å²) in [6, 6.07) is 30.7. The van der Waals surface area contributed by atoms with Crippen molar-refractivity contribution in [3.63, 3.8) is 0 Å². The fourth-order valence-corrected chi connectivity index (χ4v) is 12.1. The monoisotopic (exact) mass is 719 g/mol. The summed E-state index contributed by atoms with van der Waals surface area (Å²) in [7, 11) is -3.51. The molecule has 3 heterocycles. The van der Waals surface area contributed by atoms with E-state index in [-0.39, 0.29) is 21.7 Å². The number of hydrogen-bond donors (Lipinski definition) is 0. The molecule has 0 spiro atoms. The van der Waals surface area contributed by atoms with Gasteiger partial charge in [-0.05, 0) is 91.1 Å². The SMILES string of the molecule is CC(C)(C)c1cc2c3c(c1)Oc1cc(C(C)(C)C)cc4c1P3(=O)c1c(cc(C(C)(C)C)cc1N4c1c3ccccc3c(C(C)(C)C)c3ccccc13)O2. The first-order valence-corrected chi connectivity index (χ1v) is 20.7. The van der Waals surface area contributed by atoms with Gasteiger partial charge in [-0.25, -0.2) is 0 Å². The zero-order valence-corrected chi connectivity index (χ0v) is 34.1. The summed E-state index contributed by atoms with van der Waals surface area (Å²) in [5.41, 5.74) is 6.88. The van der Waals surface area contributed by atoms with Crippen LogP contribution in [0.4, 0.5) is 17.1 Å². The maximum Gasteiger partial charge on any atom is 0.189 e. The number of fused-ring (bicyclic) bond motifs is 2. The van der Waals surface area contributed by atoms with Crippen LogP contribution in [0.5, 0.6) is 23.0 Å². The molecule has 0 fully saturated rings. The molecule has 0 atom stereocenters. The lowest BCUT2D eigenvalue weighted by Crippen LogP contribution is -2.43. The van der Waals surface area contributed by atoms with E-state index in [0.29, 0.717) is 28.3 Å². The third kappa shape index (κ3) is 4.77. The van der Waals surface area contributed by atoms with Crippen molar-refractivity contribution in [2.75, 3.05) is 4.90 Å². The van der Waals surface area contributed by atoms with E-state index in [1.807, 2.05) is 0 Å². The van der Waals surface area contributed by atoms with Crippen molar-refractivity contribution < 1.29 is 14.0 Å². The average Bonchev–Trinajstić information content (AvgIpc) is 3.05. The van der Waals surface area contributed by atoms with Crippen molar-refractivity contribution in [3.8, 4) is 23.0 Å². The number of benzene rings is 6. The molecule has 0 amide bonds. The van der Waals surface area contributed by atoms with Crippen molar-refractivity contribution in [2.45, 2.75) is 105 Å². The standard InChI is InChI=1S/C48H50NO3P/c1-45(2,3)27-21-34-42-36(23-27)51-38-25-29(47(7,8)9)26-39-44(38)53(42,50)43-35(22-28(46(4,5)6)24-37(43)52-39)49(34)41-32-19-15-13-17-30(32)40(48(10,11)12)31-18-14-16-20-33(31)41/h13-26H,1-12H3. The fourth-order valence-electron chi connectivity index (χ4n) is 8.76. The van der Waals surface area contributed by atoms with E-state index < -0.39 is 7.14 Å². The molecule has 0 bridgehead atoms. The topological polar surface area (TPSA) is 38.8 Å². The molecule has 5 heteroatoms. The molecule has 0 aliphatic carbocycles. The van der Waals surface area contributed by atoms with E-state index in [1.54, 1.807) is 0 Å². The van der Waals surface area contributed by atoms with Gasteiger partial charge in [0.25, 0.3) is 0 Å². The van der Waals surface area contributed by atoms with E-state index in [4.69, 9.17) is 9.47 Å². The molecule has 6 aromatic carbocycles. The van der Waals surface area contributed by atoms with E-state index in [2.05, 4.69) is 173 Å². The van der Waals surface area contributed by atoms with Crippen LogP contribution in [-0.2, 0) is 26.2 Å². The first-order valence-electron chi connectivity index (χ1n) is 19.0. The molecule has 0 saturated carbocycles. The van der Waals surface area contributed by atoms with Crippen molar-refractivity contribution >= 4 is 61.7 Å². The minimum absolute atomic E-state index is 0.111. The lowest BCUT2D eigenvalue weighted by molar-refractivity contribution is 0.452. The van der Waals surface area contributed by atoms with Crippen LogP contribution in [0.3, 0.4) is 0 Å². The Bertz CT molecular complexity index is 2480. The largest absolute Gasteiger partial charge is 0.455 e. The van der Waals surface area contributed by atoms with Crippen LogP contribution in [-0.4, -0.2) is 0 Å². The van der Waals surface area contributed by atoms with Gasteiger partial charge < -0.3 is 18.9 Å². The Labute approximate surface area is 314 Å². The van der Waals surface area contributed by atoms with Crippen LogP contribution >= 0.6 is 7.14 Å². The first-order chi connectivity index (χ1) is 24.7. The first kappa shape index (κ1) is 34.3. The van der Waals surface area contributed by atoms with Crippen LogP contribution in [0.15, 0.2) is 84.9 Å². The fraction of sp³-hybridized carbons (Fsp3) is 0.333. The third-order valence-electron chi connectivity index (χ3n) is 11.5. The molecule has 0 aromatic heterocycles. The van der Waals surface area contributed by atoms with Crippen LogP contribution in [0.2, 0.25) is 0 Å². The summed E-state index contributed by atoms with van der Waals surface area (Å²) in [6.07, 6.45) is 0.